The van der Waals surface area contributed by atoms with Crippen molar-refractivity contribution < 1.29 is 13.2 Å². The second kappa shape index (κ2) is 6.28. The quantitative estimate of drug-likeness (QED) is 0.847. The van der Waals surface area contributed by atoms with Gasteiger partial charge in [0.25, 0.3) is 10.0 Å². The van der Waals surface area contributed by atoms with Gasteiger partial charge in [-0.1, -0.05) is 28.1 Å². The minimum absolute atomic E-state index is 0.125. The normalized spacial score (nSPS) is 11.1. The van der Waals surface area contributed by atoms with Gasteiger partial charge < -0.3 is 5.73 Å². The number of benzene rings is 2. The van der Waals surface area contributed by atoms with E-state index < -0.39 is 15.9 Å². The number of primary amides is 1. The molecule has 3 N–H and O–H groups in total. The molecule has 0 fully saturated rings. The first kappa shape index (κ1) is 15.5. The van der Waals surface area contributed by atoms with Gasteiger partial charge in [-0.05, 0) is 42.0 Å². The highest BCUT2D eigenvalue weighted by Gasteiger charge is 2.13. The highest BCUT2D eigenvalue weighted by atomic mass is 79.9. The molecule has 5 nitrogen and oxygen atoms in total. The molecule has 0 heterocycles. The van der Waals surface area contributed by atoms with Crippen LogP contribution in [0.4, 0.5) is 5.69 Å². The number of sulfonamides is 1. The molecule has 0 spiro atoms. The third-order valence-electron chi connectivity index (χ3n) is 2.71. The molecule has 0 aliphatic carbocycles. The Hall–Kier alpha value is -1.86. The summed E-state index contributed by atoms with van der Waals surface area (Å²) in [5, 5.41) is 0. The zero-order valence-electron chi connectivity index (χ0n) is 10.9. The van der Waals surface area contributed by atoms with Gasteiger partial charge in [-0.3, -0.25) is 9.52 Å². The third-order valence-corrected chi connectivity index (χ3v) is 4.63. The lowest BCUT2D eigenvalue weighted by Crippen LogP contribution is -2.14. The van der Waals surface area contributed by atoms with Gasteiger partial charge in [-0.2, -0.15) is 0 Å². The van der Waals surface area contributed by atoms with Crippen molar-refractivity contribution in [3.63, 3.8) is 0 Å². The molecule has 0 aliphatic heterocycles. The summed E-state index contributed by atoms with van der Waals surface area (Å²) in [7, 11) is -3.63. The molecule has 2 rings (SSSR count). The van der Waals surface area contributed by atoms with Gasteiger partial charge in [0.1, 0.15) is 0 Å². The van der Waals surface area contributed by atoms with Crippen molar-refractivity contribution in [2.45, 2.75) is 11.3 Å². The Kier molecular flexibility index (Phi) is 4.64. The average Bonchev–Trinajstić information content (AvgIpc) is 2.40. The summed E-state index contributed by atoms with van der Waals surface area (Å²) in [6, 6.07) is 12.8. The molecule has 7 heteroatoms. The van der Waals surface area contributed by atoms with Crippen LogP contribution in [0.1, 0.15) is 5.56 Å². The summed E-state index contributed by atoms with van der Waals surface area (Å²) in [6.07, 6.45) is 0.125. The molecular formula is C14H13BrN2O3S. The van der Waals surface area contributed by atoms with Crippen molar-refractivity contribution >= 4 is 37.5 Å². The van der Waals surface area contributed by atoms with E-state index in [1.807, 2.05) is 0 Å². The van der Waals surface area contributed by atoms with Crippen LogP contribution in [0, 0.1) is 0 Å². The van der Waals surface area contributed by atoms with Gasteiger partial charge >= 0.3 is 0 Å². The number of hydrogen-bond acceptors (Lipinski definition) is 3. The van der Waals surface area contributed by atoms with Gasteiger partial charge in [0, 0.05) is 10.2 Å². The Balaban J connectivity index is 2.16. The van der Waals surface area contributed by atoms with Gasteiger partial charge in [0.05, 0.1) is 11.3 Å². The topological polar surface area (TPSA) is 89.3 Å². The molecule has 0 radical (unpaired) electrons. The van der Waals surface area contributed by atoms with Gasteiger partial charge in [0.2, 0.25) is 5.91 Å². The SMILES string of the molecule is NC(=O)Cc1ccc(NS(=O)(=O)c2ccc(Br)cc2)cc1. The summed E-state index contributed by atoms with van der Waals surface area (Å²) < 4.78 is 27.6. The van der Waals surface area contributed by atoms with Crippen LogP contribution in [0.2, 0.25) is 0 Å². The Labute approximate surface area is 131 Å². The molecule has 0 atom stereocenters. The zero-order valence-corrected chi connectivity index (χ0v) is 13.3. The van der Waals surface area contributed by atoms with Crippen LogP contribution in [-0.2, 0) is 21.2 Å². The van der Waals surface area contributed by atoms with Gasteiger partial charge in [0.15, 0.2) is 0 Å². The Morgan fingerprint density at radius 1 is 1.05 bits per heavy atom. The lowest BCUT2D eigenvalue weighted by Gasteiger charge is -2.08. The molecule has 21 heavy (non-hydrogen) atoms. The minimum Gasteiger partial charge on any atom is -0.369 e. The van der Waals surface area contributed by atoms with E-state index in [0.717, 1.165) is 10.0 Å². The number of hydrogen-bond donors (Lipinski definition) is 2. The number of carbonyl (C=O) groups is 1. The van der Waals surface area contributed by atoms with Crippen LogP contribution in [0.3, 0.4) is 0 Å². The Morgan fingerprint density at radius 3 is 2.14 bits per heavy atom. The van der Waals surface area contributed by atoms with E-state index in [1.54, 1.807) is 36.4 Å². The molecule has 1 amide bonds. The number of nitrogens with two attached hydrogens (primary N) is 1. The molecule has 0 bridgehead atoms. The van der Waals surface area contributed by atoms with Crippen LogP contribution >= 0.6 is 15.9 Å². The fourth-order valence-electron chi connectivity index (χ4n) is 1.72. The van der Waals surface area contributed by atoms with E-state index >= 15 is 0 Å². The Bertz CT molecular complexity index is 741. The number of carbonyl (C=O) groups excluding carboxylic acids is 1. The maximum Gasteiger partial charge on any atom is 0.261 e. The largest absolute Gasteiger partial charge is 0.369 e. The third kappa shape index (κ3) is 4.30. The van der Waals surface area contributed by atoms with E-state index in [0.29, 0.717) is 5.69 Å². The van der Waals surface area contributed by atoms with Crippen LogP contribution in [-0.4, -0.2) is 14.3 Å². The first-order valence-corrected chi connectivity index (χ1v) is 8.30. The van der Waals surface area contributed by atoms with Gasteiger partial charge in [-0.25, -0.2) is 8.42 Å². The molecule has 0 aromatic heterocycles. The summed E-state index contributed by atoms with van der Waals surface area (Å²) in [5.41, 5.74) is 6.25. The first-order chi connectivity index (χ1) is 9.87. The number of halogens is 1. The predicted molar refractivity (Wildman–Crippen MR) is 84.3 cm³/mol. The summed E-state index contributed by atoms with van der Waals surface area (Å²) >= 11 is 3.25. The van der Waals surface area contributed by atoms with Crippen molar-refractivity contribution in [1.82, 2.24) is 0 Å². The fraction of sp³-hybridized carbons (Fsp3) is 0.0714. The molecule has 0 unspecified atom stereocenters. The molecule has 0 saturated carbocycles. The zero-order chi connectivity index (χ0) is 15.5. The number of amides is 1. The van der Waals surface area contributed by atoms with E-state index in [4.69, 9.17) is 5.73 Å². The fourth-order valence-corrected chi connectivity index (χ4v) is 3.04. The van der Waals surface area contributed by atoms with Gasteiger partial charge in [-0.15, -0.1) is 0 Å². The molecular weight excluding hydrogens is 356 g/mol. The average molecular weight is 369 g/mol. The van der Waals surface area contributed by atoms with E-state index in [9.17, 15) is 13.2 Å². The van der Waals surface area contributed by atoms with Crippen molar-refractivity contribution in [3.8, 4) is 0 Å². The standard InChI is InChI=1S/C14H13BrN2O3S/c15-11-3-7-13(8-4-11)21(19,20)17-12-5-1-10(2-6-12)9-14(16)18/h1-8,17H,9H2,(H2,16,18). The minimum atomic E-state index is -3.63. The molecule has 2 aromatic rings. The lowest BCUT2D eigenvalue weighted by atomic mass is 10.1. The van der Waals surface area contributed by atoms with E-state index in [2.05, 4.69) is 20.7 Å². The molecule has 110 valence electrons. The maximum atomic E-state index is 12.2. The number of anilines is 1. The summed E-state index contributed by atoms with van der Waals surface area (Å²) in [6.45, 7) is 0. The summed E-state index contributed by atoms with van der Waals surface area (Å²) in [5.74, 6) is -0.432. The monoisotopic (exact) mass is 368 g/mol. The number of rotatable bonds is 5. The van der Waals surface area contributed by atoms with E-state index in [-0.39, 0.29) is 11.3 Å². The molecule has 0 saturated heterocycles. The first-order valence-electron chi connectivity index (χ1n) is 6.02. The van der Waals surface area contributed by atoms with E-state index in [1.165, 1.54) is 12.1 Å². The second-order valence-electron chi connectivity index (χ2n) is 4.40. The van der Waals surface area contributed by atoms with Crippen LogP contribution < -0.4 is 10.5 Å². The van der Waals surface area contributed by atoms with Crippen molar-refractivity contribution in [1.29, 1.82) is 0 Å². The Morgan fingerprint density at radius 2 is 1.62 bits per heavy atom. The van der Waals surface area contributed by atoms with Crippen LogP contribution in [0.5, 0.6) is 0 Å². The van der Waals surface area contributed by atoms with Crippen molar-refractivity contribution in [2.24, 2.45) is 5.73 Å². The lowest BCUT2D eigenvalue weighted by molar-refractivity contribution is -0.117. The van der Waals surface area contributed by atoms with Crippen LogP contribution in [0.25, 0.3) is 0 Å². The molecule has 0 aliphatic rings. The van der Waals surface area contributed by atoms with Crippen molar-refractivity contribution in [3.05, 3.63) is 58.6 Å². The number of nitrogens with one attached hydrogen (secondary N) is 1. The smallest absolute Gasteiger partial charge is 0.261 e. The second-order valence-corrected chi connectivity index (χ2v) is 7.00. The molecule has 2 aromatic carbocycles. The summed E-state index contributed by atoms with van der Waals surface area (Å²) in [4.78, 5) is 11.0. The highest BCUT2D eigenvalue weighted by molar-refractivity contribution is 9.10. The highest BCUT2D eigenvalue weighted by Crippen LogP contribution is 2.19. The predicted octanol–water partition coefficient (Wildman–Crippen LogP) is 2.28. The maximum absolute atomic E-state index is 12.2. The van der Waals surface area contributed by atoms with Crippen LogP contribution in [0.15, 0.2) is 57.9 Å². The van der Waals surface area contributed by atoms with Crippen molar-refractivity contribution in [2.75, 3.05) is 4.72 Å².